The highest BCUT2D eigenvalue weighted by atomic mass is 35.5. The van der Waals surface area contributed by atoms with Crippen molar-refractivity contribution in [3.8, 4) is 0 Å². The molecule has 34 heavy (non-hydrogen) atoms. The van der Waals surface area contributed by atoms with Crippen LogP contribution in [0.15, 0.2) is 58.3 Å². The van der Waals surface area contributed by atoms with Crippen LogP contribution in [0.1, 0.15) is 28.2 Å². The van der Waals surface area contributed by atoms with E-state index in [9.17, 15) is 18.3 Å². The van der Waals surface area contributed by atoms with Crippen molar-refractivity contribution in [2.75, 3.05) is 17.8 Å². The fourth-order valence-electron chi connectivity index (χ4n) is 3.91. The van der Waals surface area contributed by atoms with Crippen molar-refractivity contribution in [2.45, 2.75) is 23.3 Å². The number of sulfonamides is 1. The summed E-state index contributed by atoms with van der Waals surface area (Å²) in [6, 6.07) is 11.3. The second-order valence-electron chi connectivity index (χ2n) is 7.94. The van der Waals surface area contributed by atoms with Gasteiger partial charge in [0.25, 0.3) is 15.9 Å². The fourth-order valence-corrected chi connectivity index (χ4v) is 7.02. The molecule has 0 atom stereocenters. The molecule has 5 rings (SSSR count). The van der Waals surface area contributed by atoms with Gasteiger partial charge in [0.2, 0.25) is 0 Å². The summed E-state index contributed by atoms with van der Waals surface area (Å²) in [4.78, 5) is 23.1. The normalized spacial score (nSPS) is 16.0. The summed E-state index contributed by atoms with van der Waals surface area (Å²) in [6.07, 6.45) is 0.727. The van der Waals surface area contributed by atoms with Crippen molar-refractivity contribution in [1.29, 1.82) is 0 Å². The maximum Gasteiger partial charge on any atom is 0.264 e. The second-order valence-corrected chi connectivity index (χ2v) is 11.7. The number of thiazole rings is 2. The zero-order chi connectivity index (χ0) is 23.9. The number of aromatic nitrogens is 2. The molecule has 0 saturated carbocycles. The number of rotatable bonds is 5. The van der Waals surface area contributed by atoms with E-state index in [2.05, 4.69) is 14.7 Å². The van der Waals surface area contributed by atoms with Crippen LogP contribution in [0, 0.1) is 0 Å². The van der Waals surface area contributed by atoms with Gasteiger partial charge in [0, 0.05) is 42.6 Å². The number of aliphatic hydroxyl groups is 1. The predicted molar refractivity (Wildman–Crippen MR) is 133 cm³/mol. The van der Waals surface area contributed by atoms with Crippen LogP contribution >= 0.6 is 34.3 Å². The number of carbonyl (C=O) groups excluding carboxylic acids is 1. The van der Waals surface area contributed by atoms with Gasteiger partial charge in [-0.05, 0) is 36.4 Å². The summed E-state index contributed by atoms with van der Waals surface area (Å²) in [6.45, 7) is 0.747. The van der Waals surface area contributed by atoms with Crippen molar-refractivity contribution in [2.24, 2.45) is 0 Å². The minimum absolute atomic E-state index is 0.105. The highest BCUT2D eigenvalue weighted by Crippen LogP contribution is 2.36. The Bertz CT molecular complexity index is 1460. The van der Waals surface area contributed by atoms with E-state index in [1.54, 1.807) is 46.1 Å². The van der Waals surface area contributed by atoms with Crippen molar-refractivity contribution in [1.82, 2.24) is 14.9 Å². The van der Waals surface area contributed by atoms with Crippen LogP contribution in [-0.4, -0.2) is 47.4 Å². The van der Waals surface area contributed by atoms with Crippen LogP contribution in [0.2, 0.25) is 5.15 Å². The molecule has 0 bridgehead atoms. The lowest BCUT2D eigenvalue weighted by molar-refractivity contribution is -0.0212. The van der Waals surface area contributed by atoms with E-state index in [1.165, 1.54) is 28.7 Å². The standard InChI is InChI=1S/C22H19ClN4O4S3/c23-18-12-32-21(25-18)22(29)8-10-27(11-9-22)20(28)14-4-6-15(7-5-14)26-34(30,31)17-3-1-2-16-19(17)24-13-33-16/h1-7,12-13,26,29H,8-11H2. The molecule has 1 aliphatic rings. The number of nitrogens with zero attached hydrogens (tertiary/aromatic N) is 3. The highest BCUT2D eigenvalue weighted by molar-refractivity contribution is 7.93. The summed E-state index contributed by atoms with van der Waals surface area (Å²) in [7, 11) is -3.84. The number of fused-ring (bicyclic) bond motifs is 1. The molecule has 2 aromatic heterocycles. The molecule has 1 saturated heterocycles. The third-order valence-corrected chi connectivity index (χ3v) is 9.31. The van der Waals surface area contributed by atoms with Crippen molar-refractivity contribution in [3.63, 3.8) is 0 Å². The Kier molecular flexibility index (Phi) is 6.07. The van der Waals surface area contributed by atoms with Crippen LogP contribution in [0.3, 0.4) is 0 Å². The number of hydrogen-bond donors (Lipinski definition) is 2. The zero-order valence-corrected chi connectivity index (χ0v) is 20.8. The molecule has 1 aliphatic heterocycles. The van der Waals surface area contributed by atoms with E-state index in [0.29, 0.717) is 52.9 Å². The van der Waals surface area contributed by atoms with Crippen molar-refractivity contribution < 1.29 is 18.3 Å². The molecule has 1 amide bonds. The van der Waals surface area contributed by atoms with E-state index in [-0.39, 0.29) is 10.8 Å². The molecule has 0 unspecified atom stereocenters. The molecule has 2 aromatic carbocycles. The fraction of sp³-hybridized carbons (Fsp3) is 0.227. The third kappa shape index (κ3) is 4.41. The molecule has 4 aromatic rings. The first-order valence-corrected chi connectivity index (χ1v) is 14.0. The predicted octanol–water partition coefficient (Wildman–Crippen LogP) is 4.33. The lowest BCUT2D eigenvalue weighted by atomic mass is 9.91. The minimum atomic E-state index is -3.84. The summed E-state index contributed by atoms with van der Waals surface area (Å²) < 4.78 is 29.1. The number of benzene rings is 2. The molecule has 3 heterocycles. The number of para-hydroxylation sites is 1. The third-order valence-electron chi connectivity index (χ3n) is 5.75. The van der Waals surface area contributed by atoms with Gasteiger partial charge in [-0.15, -0.1) is 22.7 Å². The van der Waals surface area contributed by atoms with Crippen LogP contribution in [0.4, 0.5) is 5.69 Å². The molecular weight excluding hydrogens is 516 g/mol. The minimum Gasteiger partial charge on any atom is -0.383 e. The van der Waals surface area contributed by atoms with E-state index < -0.39 is 15.6 Å². The van der Waals surface area contributed by atoms with Gasteiger partial charge in [0.1, 0.15) is 26.2 Å². The SMILES string of the molecule is O=C(c1ccc(NS(=O)(=O)c2cccc3scnc23)cc1)N1CCC(O)(c2nc(Cl)cs2)CC1. The van der Waals surface area contributed by atoms with Gasteiger partial charge in [0.15, 0.2) is 0 Å². The monoisotopic (exact) mass is 534 g/mol. The average Bonchev–Trinajstić information content (AvgIpc) is 3.48. The molecule has 0 aliphatic carbocycles. The Labute approximate surface area is 208 Å². The second kappa shape index (κ2) is 8.90. The van der Waals surface area contributed by atoms with E-state index in [4.69, 9.17) is 11.6 Å². The highest BCUT2D eigenvalue weighted by Gasteiger charge is 2.38. The first-order chi connectivity index (χ1) is 16.2. The number of likely N-dealkylation sites (tertiary alicyclic amines) is 1. The number of piperidine rings is 1. The van der Waals surface area contributed by atoms with Gasteiger partial charge in [-0.3, -0.25) is 9.52 Å². The van der Waals surface area contributed by atoms with Crippen LogP contribution in [-0.2, 0) is 15.6 Å². The van der Waals surface area contributed by atoms with Gasteiger partial charge in [-0.1, -0.05) is 17.7 Å². The van der Waals surface area contributed by atoms with E-state index in [1.807, 2.05) is 6.07 Å². The van der Waals surface area contributed by atoms with Gasteiger partial charge in [0.05, 0.1) is 10.2 Å². The molecule has 0 radical (unpaired) electrons. The first-order valence-electron chi connectivity index (χ1n) is 10.3. The Hall–Kier alpha value is -2.57. The quantitative estimate of drug-likeness (QED) is 0.394. The lowest BCUT2D eigenvalue weighted by Crippen LogP contribution is -2.45. The van der Waals surface area contributed by atoms with Crippen LogP contribution in [0.25, 0.3) is 10.2 Å². The van der Waals surface area contributed by atoms with E-state index >= 15 is 0 Å². The average molecular weight is 535 g/mol. The van der Waals surface area contributed by atoms with Crippen LogP contribution < -0.4 is 4.72 Å². The summed E-state index contributed by atoms with van der Waals surface area (Å²) in [5, 5.41) is 13.5. The van der Waals surface area contributed by atoms with Gasteiger partial charge >= 0.3 is 0 Å². The van der Waals surface area contributed by atoms with Crippen LogP contribution in [0.5, 0.6) is 0 Å². The number of amides is 1. The molecule has 1 fully saturated rings. The first kappa shape index (κ1) is 23.2. The maximum atomic E-state index is 13.0. The number of hydrogen-bond acceptors (Lipinski definition) is 8. The Morgan fingerprint density at radius 2 is 1.85 bits per heavy atom. The maximum absolute atomic E-state index is 13.0. The number of halogens is 1. The Morgan fingerprint density at radius 3 is 2.53 bits per heavy atom. The van der Waals surface area contributed by atoms with Gasteiger partial charge < -0.3 is 10.0 Å². The van der Waals surface area contributed by atoms with Gasteiger partial charge in [-0.2, -0.15) is 0 Å². The van der Waals surface area contributed by atoms with Crippen molar-refractivity contribution in [3.05, 3.63) is 69.1 Å². The Balaban J connectivity index is 1.26. The molecular formula is C22H19ClN4O4S3. The summed E-state index contributed by atoms with van der Waals surface area (Å²) in [5.41, 5.74) is 1.73. The molecule has 12 heteroatoms. The smallest absolute Gasteiger partial charge is 0.264 e. The van der Waals surface area contributed by atoms with Crippen molar-refractivity contribution >= 4 is 66.1 Å². The Morgan fingerprint density at radius 1 is 1.12 bits per heavy atom. The van der Waals surface area contributed by atoms with Gasteiger partial charge in [-0.25, -0.2) is 18.4 Å². The number of anilines is 1. The summed E-state index contributed by atoms with van der Waals surface area (Å²) in [5.74, 6) is -0.180. The molecule has 176 valence electrons. The number of carbonyl (C=O) groups is 1. The molecule has 2 N–H and O–H groups in total. The summed E-state index contributed by atoms with van der Waals surface area (Å²) >= 11 is 8.57. The topological polar surface area (TPSA) is 112 Å². The lowest BCUT2D eigenvalue weighted by Gasteiger charge is -2.37. The zero-order valence-electron chi connectivity index (χ0n) is 17.6. The largest absolute Gasteiger partial charge is 0.383 e. The molecule has 8 nitrogen and oxygen atoms in total. The number of nitrogens with one attached hydrogen (secondary N) is 1. The molecule has 0 spiro atoms. The van der Waals surface area contributed by atoms with E-state index in [0.717, 1.165) is 4.70 Å².